The molecule has 0 saturated carbocycles. The van der Waals surface area contributed by atoms with Crippen LogP contribution in [0.5, 0.6) is 0 Å². The van der Waals surface area contributed by atoms with Gasteiger partial charge in [0.05, 0.1) is 12.6 Å². The van der Waals surface area contributed by atoms with Gasteiger partial charge in [-0.1, -0.05) is 0 Å². The molecular weight excluding hydrogens is 228 g/mol. The highest BCUT2D eigenvalue weighted by molar-refractivity contribution is 5.65. The fourth-order valence-corrected chi connectivity index (χ4v) is 1.29. The summed E-state index contributed by atoms with van der Waals surface area (Å²) in [7, 11) is 0. The zero-order valence-corrected chi connectivity index (χ0v) is 9.60. The number of aliphatic hydroxyl groups excluding tert-OH is 1. The van der Waals surface area contributed by atoms with E-state index in [0.717, 1.165) is 4.57 Å². The molecule has 7 nitrogen and oxygen atoms in total. The summed E-state index contributed by atoms with van der Waals surface area (Å²) in [5.74, 6) is -0.502. The molecule has 1 unspecified atom stereocenters. The number of H-pyrrole nitrogens is 1. The number of ether oxygens (including phenoxy) is 1. The summed E-state index contributed by atoms with van der Waals surface area (Å²) in [6, 6.07) is -0.707. The Morgan fingerprint density at radius 2 is 2.24 bits per heavy atom. The van der Waals surface area contributed by atoms with E-state index in [2.05, 4.69) is 4.98 Å². The van der Waals surface area contributed by atoms with Gasteiger partial charge in [-0.15, -0.1) is 0 Å². The number of hydrogen-bond acceptors (Lipinski definition) is 5. The Hall–Kier alpha value is -1.89. The highest BCUT2D eigenvalue weighted by Crippen LogP contribution is 2.03. The molecule has 94 valence electrons. The van der Waals surface area contributed by atoms with E-state index in [1.54, 1.807) is 0 Å². The molecule has 0 amide bonds. The first-order valence-electron chi connectivity index (χ1n) is 5.02. The number of carbonyl (C=O) groups is 1. The molecule has 0 aliphatic carbocycles. The van der Waals surface area contributed by atoms with Crippen molar-refractivity contribution in [2.45, 2.75) is 19.9 Å². The summed E-state index contributed by atoms with van der Waals surface area (Å²) in [6.07, 6.45) is 1.32. The molecule has 0 radical (unpaired) electrons. The highest BCUT2D eigenvalue weighted by atomic mass is 16.5. The number of aryl methyl sites for hydroxylation is 1. The average molecular weight is 242 g/mol. The van der Waals surface area contributed by atoms with Crippen molar-refractivity contribution in [3.05, 3.63) is 32.6 Å². The molecule has 0 spiro atoms. The quantitative estimate of drug-likeness (QED) is 0.655. The van der Waals surface area contributed by atoms with Crippen LogP contribution in [0.2, 0.25) is 0 Å². The topological polar surface area (TPSA) is 101 Å². The maximum absolute atomic E-state index is 11.5. The molecule has 0 bridgehead atoms. The summed E-state index contributed by atoms with van der Waals surface area (Å²) in [4.78, 5) is 35.4. The van der Waals surface area contributed by atoms with E-state index in [-0.39, 0.29) is 13.2 Å². The van der Waals surface area contributed by atoms with Gasteiger partial charge < -0.3 is 9.84 Å². The average Bonchev–Trinajstić information content (AvgIpc) is 2.25. The second-order valence-electron chi connectivity index (χ2n) is 3.62. The lowest BCUT2D eigenvalue weighted by Gasteiger charge is -2.16. The van der Waals surface area contributed by atoms with Gasteiger partial charge in [0, 0.05) is 18.7 Å². The third-order valence-corrected chi connectivity index (χ3v) is 2.23. The number of aromatic amines is 1. The normalized spacial score (nSPS) is 12.2. The number of esters is 1. The molecule has 1 aromatic heterocycles. The molecule has 0 aliphatic heterocycles. The molecule has 1 aromatic rings. The number of hydrogen-bond donors (Lipinski definition) is 2. The van der Waals surface area contributed by atoms with E-state index < -0.39 is 23.3 Å². The van der Waals surface area contributed by atoms with Crippen molar-refractivity contribution in [2.75, 3.05) is 13.2 Å². The maximum Gasteiger partial charge on any atom is 0.328 e. The lowest BCUT2D eigenvalue weighted by molar-refractivity contribution is -0.142. The van der Waals surface area contributed by atoms with Gasteiger partial charge in [-0.2, -0.15) is 0 Å². The molecule has 0 fully saturated rings. The Morgan fingerprint density at radius 3 is 2.76 bits per heavy atom. The SMILES string of the molecule is CC(=O)OCC(CO)n1cc(C)c(=O)[nH]c1=O. The summed E-state index contributed by atoms with van der Waals surface area (Å²) < 4.78 is 5.86. The fraction of sp³-hybridized carbons (Fsp3) is 0.500. The predicted octanol–water partition coefficient (Wildman–Crippen LogP) is -1.06. The maximum atomic E-state index is 11.5. The van der Waals surface area contributed by atoms with Gasteiger partial charge in [0.15, 0.2) is 0 Å². The van der Waals surface area contributed by atoms with Gasteiger partial charge in [0.2, 0.25) is 0 Å². The van der Waals surface area contributed by atoms with E-state index in [9.17, 15) is 14.4 Å². The monoisotopic (exact) mass is 242 g/mol. The molecule has 0 saturated heterocycles. The number of nitrogens with zero attached hydrogens (tertiary/aromatic N) is 1. The summed E-state index contributed by atoms with van der Waals surface area (Å²) >= 11 is 0. The van der Waals surface area contributed by atoms with Crippen molar-refractivity contribution in [3.8, 4) is 0 Å². The zero-order chi connectivity index (χ0) is 13.0. The first-order chi connectivity index (χ1) is 7.95. The van der Waals surface area contributed by atoms with Crippen LogP contribution in [-0.4, -0.2) is 33.8 Å². The van der Waals surface area contributed by atoms with Crippen LogP contribution < -0.4 is 11.2 Å². The molecule has 0 aliphatic rings. The minimum absolute atomic E-state index is 0.128. The Morgan fingerprint density at radius 1 is 1.59 bits per heavy atom. The molecule has 1 atom stereocenters. The molecule has 7 heteroatoms. The van der Waals surface area contributed by atoms with Crippen molar-refractivity contribution in [3.63, 3.8) is 0 Å². The highest BCUT2D eigenvalue weighted by Gasteiger charge is 2.14. The number of aromatic nitrogens is 2. The van der Waals surface area contributed by atoms with Crippen molar-refractivity contribution >= 4 is 5.97 Å². The second-order valence-corrected chi connectivity index (χ2v) is 3.62. The molecule has 0 aromatic carbocycles. The van der Waals surface area contributed by atoms with E-state index >= 15 is 0 Å². The van der Waals surface area contributed by atoms with Crippen LogP contribution in [0, 0.1) is 6.92 Å². The number of aliphatic hydroxyl groups is 1. The second kappa shape index (κ2) is 5.44. The van der Waals surface area contributed by atoms with Crippen LogP contribution in [0.3, 0.4) is 0 Å². The smallest absolute Gasteiger partial charge is 0.328 e. The van der Waals surface area contributed by atoms with Crippen LogP contribution >= 0.6 is 0 Å². The fourth-order valence-electron chi connectivity index (χ4n) is 1.29. The molecular formula is C10H14N2O5. The van der Waals surface area contributed by atoms with Gasteiger partial charge in [0.1, 0.15) is 6.61 Å². The minimum Gasteiger partial charge on any atom is -0.464 e. The Kier molecular flexibility index (Phi) is 4.22. The molecule has 1 heterocycles. The minimum atomic E-state index is -0.707. The van der Waals surface area contributed by atoms with Crippen LogP contribution in [0.4, 0.5) is 0 Å². The number of nitrogens with one attached hydrogen (secondary N) is 1. The lowest BCUT2D eigenvalue weighted by atomic mass is 10.3. The molecule has 1 rings (SSSR count). The Bertz CT molecular complexity index is 516. The van der Waals surface area contributed by atoms with E-state index in [4.69, 9.17) is 9.84 Å². The summed E-state index contributed by atoms with van der Waals surface area (Å²) in [6.45, 7) is 2.26. The third kappa shape index (κ3) is 3.28. The van der Waals surface area contributed by atoms with Gasteiger partial charge >= 0.3 is 11.7 Å². The number of carbonyl (C=O) groups excluding carboxylic acids is 1. The predicted molar refractivity (Wildman–Crippen MR) is 58.8 cm³/mol. The number of rotatable bonds is 4. The Balaban J connectivity index is 3.03. The van der Waals surface area contributed by atoms with Crippen LogP contribution in [-0.2, 0) is 9.53 Å². The van der Waals surface area contributed by atoms with Crippen molar-refractivity contribution in [1.29, 1.82) is 0 Å². The van der Waals surface area contributed by atoms with E-state index in [1.807, 2.05) is 0 Å². The van der Waals surface area contributed by atoms with Gasteiger partial charge in [-0.3, -0.25) is 19.1 Å². The van der Waals surface area contributed by atoms with E-state index in [0.29, 0.717) is 5.56 Å². The standard InChI is InChI=1S/C10H14N2O5/c1-6-3-12(10(16)11-9(6)15)8(4-13)5-17-7(2)14/h3,8,13H,4-5H2,1-2H3,(H,11,15,16). The van der Waals surface area contributed by atoms with Gasteiger partial charge in [-0.05, 0) is 6.92 Å². The lowest BCUT2D eigenvalue weighted by Crippen LogP contribution is -2.36. The molecule has 2 N–H and O–H groups in total. The summed E-state index contributed by atoms with van der Waals surface area (Å²) in [5, 5.41) is 9.13. The van der Waals surface area contributed by atoms with Crippen LogP contribution in [0.25, 0.3) is 0 Å². The van der Waals surface area contributed by atoms with Crippen molar-refractivity contribution < 1.29 is 14.6 Å². The largest absolute Gasteiger partial charge is 0.464 e. The van der Waals surface area contributed by atoms with Crippen molar-refractivity contribution in [2.24, 2.45) is 0 Å². The van der Waals surface area contributed by atoms with E-state index in [1.165, 1.54) is 20.0 Å². The Labute approximate surface area is 96.7 Å². The first-order valence-corrected chi connectivity index (χ1v) is 5.02. The summed E-state index contributed by atoms with van der Waals surface area (Å²) in [5.41, 5.74) is -0.784. The van der Waals surface area contributed by atoms with Gasteiger partial charge in [0.25, 0.3) is 5.56 Å². The van der Waals surface area contributed by atoms with Crippen LogP contribution in [0.15, 0.2) is 15.8 Å². The first kappa shape index (κ1) is 13.2. The third-order valence-electron chi connectivity index (χ3n) is 2.23. The van der Waals surface area contributed by atoms with Gasteiger partial charge in [-0.25, -0.2) is 4.79 Å². The molecule has 17 heavy (non-hydrogen) atoms. The zero-order valence-electron chi connectivity index (χ0n) is 9.60. The van der Waals surface area contributed by atoms with Crippen molar-refractivity contribution in [1.82, 2.24) is 9.55 Å². The van der Waals surface area contributed by atoms with Crippen LogP contribution in [0.1, 0.15) is 18.5 Å².